The number of hydrogen-bond donors (Lipinski definition) is 0. The Kier molecular flexibility index (Phi) is 3.30. The molecule has 0 bridgehead atoms. The van der Waals surface area contributed by atoms with Gasteiger partial charge in [0.05, 0.1) is 19.5 Å². The van der Waals surface area contributed by atoms with Crippen LogP contribution in [0.15, 0.2) is 60.7 Å². The summed E-state index contributed by atoms with van der Waals surface area (Å²) in [5, 5.41) is 9.57. The largest absolute Gasteiger partial charge is 0.307 e. The van der Waals surface area contributed by atoms with Gasteiger partial charge < -0.3 is 4.48 Å². The van der Waals surface area contributed by atoms with Gasteiger partial charge in [-0.15, -0.1) is 0 Å². The molecule has 0 saturated carbocycles. The van der Waals surface area contributed by atoms with Gasteiger partial charge in [0.15, 0.2) is 6.04 Å². The average Bonchev–Trinajstić information content (AvgIpc) is 2.47. The Morgan fingerprint density at radius 3 is 2.25 bits per heavy atom. The number of quaternary nitrogens is 1. The van der Waals surface area contributed by atoms with Crippen LogP contribution < -0.4 is 0 Å². The molecule has 0 N–H and O–H groups in total. The molecule has 2 aromatic carbocycles. The lowest BCUT2D eigenvalue weighted by atomic mass is 9.80. The lowest BCUT2D eigenvalue weighted by Gasteiger charge is -2.52. The van der Waals surface area contributed by atoms with Gasteiger partial charge in [-0.2, -0.15) is 5.26 Å². The maximum atomic E-state index is 9.57. The minimum absolute atomic E-state index is 0.0533. The highest BCUT2D eigenvalue weighted by Gasteiger charge is 2.52. The molecule has 0 unspecified atom stereocenters. The minimum atomic E-state index is 0.0533. The van der Waals surface area contributed by atoms with Crippen LogP contribution in [-0.2, 0) is 6.54 Å². The highest BCUT2D eigenvalue weighted by molar-refractivity contribution is 5.26. The Balaban J connectivity index is 1.79. The van der Waals surface area contributed by atoms with E-state index in [4.69, 9.17) is 0 Å². The Morgan fingerprint density at radius 2 is 1.65 bits per heavy atom. The Bertz CT molecular complexity index is 615. The van der Waals surface area contributed by atoms with Crippen molar-refractivity contribution in [2.75, 3.05) is 13.6 Å². The van der Waals surface area contributed by atoms with Crippen LogP contribution in [0.3, 0.4) is 0 Å². The fourth-order valence-corrected chi connectivity index (χ4v) is 3.34. The standard InChI is InChI=1S/C18H19N2/c1-20(13-15-8-4-2-5-9-15)14-17(18(20)12-19)16-10-6-3-7-11-16/h2-11,17-18H,13-14H2,1H3/q+1/t17-,18-,20-/m1/s1. The van der Waals surface area contributed by atoms with Crippen molar-refractivity contribution in [3.8, 4) is 6.07 Å². The van der Waals surface area contributed by atoms with Crippen LogP contribution in [0.2, 0.25) is 0 Å². The fourth-order valence-electron chi connectivity index (χ4n) is 3.34. The topological polar surface area (TPSA) is 23.8 Å². The molecule has 1 heterocycles. The molecule has 20 heavy (non-hydrogen) atoms. The molecule has 100 valence electrons. The van der Waals surface area contributed by atoms with Crippen LogP contribution in [0.5, 0.6) is 0 Å². The van der Waals surface area contributed by atoms with E-state index in [0.29, 0.717) is 5.92 Å². The zero-order valence-electron chi connectivity index (χ0n) is 11.7. The maximum Gasteiger partial charge on any atom is 0.188 e. The van der Waals surface area contributed by atoms with Crippen molar-refractivity contribution in [1.82, 2.24) is 0 Å². The molecule has 2 aromatic rings. The predicted octanol–water partition coefficient (Wildman–Crippen LogP) is 3.32. The molecule has 0 aromatic heterocycles. The highest BCUT2D eigenvalue weighted by atomic mass is 15.4. The van der Waals surface area contributed by atoms with Gasteiger partial charge in [-0.1, -0.05) is 60.7 Å². The Morgan fingerprint density at radius 1 is 1.05 bits per heavy atom. The van der Waals surface area contributed by atoms with Crippen LogP contribution in [0.25, 0.3) is 0 Å². The van der Waals surface area contributed by atoms with Gasteiger partial charge in [0.2, 0.25) is 0 Å². The van der Waals surface area contributed by atoms with E-state index in [9.17, 15) is 5.26 Å². The second kappa shape index (κ2) is 5.11. The third kappa shape index (κ3) is 2.21. The van der Waals surface area contributed by atoms with Gasteiger partial charge in [-0.05, 0) is 5.56 Å². The number of hydrogen-bond acceptors (Lipinski definition) is 1. The molecular formula is C18H19N2+. The molecular weight excluding hydrogens is 244 g/mol. The first-order valence-corrected chi connectivity index (χ1v) is 7.06. The summed E-state index contributed by atoms with van der Waals surface area (Å²) in [6.45, 7) is 1.97. The Labute approximate surface area is 120 Å². The summed E-state index contributed by atoms with van der Waals surface area (Å²) < 4.78 is 0.820. The van der Waals surface area contributed by atoms with Crippen molar-refractivity contribution in [1.29, 1.82) is 5.26 Å². The summed E-state index contributed by atoms with van der Waals surface area (Å²) in [5.41, 5.74) is 2.60. The summed E-state index contributed by atoms with van der Waals surface area (Å²) in [7, 11) is 2.19. The van der Waals surface area contributed by atoms with Crippen molar-refractivity contribution >= 4 is 0 Å². The smallest absolute Gasteiger partial charge is 0.188 e. The van der Waals surface area contributed by atoms with Gasteiger partial charge in [-0.25, -0.2) is 0 Å². The minimum Gasteiger partial charge on any atom is -0.307 e. The zero-order chi connectivity index (χ0) is 14.0. The molecule has 1 fully saturated rings. The third-order valence-corrected chi connectivity index (χ3v) is 4.41. The van der Waals surface area contributed by atoms with E-state index in [1.54, 1.807) is 0 Å². The lowest BCUT2D eigenvalue weighted by Crippen LogP contribution is -2.66. The van der Waals surface area contributed by atoms with Crippen molar-refractivity contribution in [2.24, 2.45) is 0 Å². The molecule has 3 rings (SSSR count). The highest BCUT2D eigenvalue weighted by Crippen LogP contribution is 2.40. The van der Waals surface area contributed by atoms with Crippen molar-refractivity contribution in [3.05, 3.63) is 71.8 Å². The van der Waals surface area contributed by atoms with Crippen LogP contribution in [0.1, 0.15) is 17.0 Å². The molecule has 0 radical (unpaired) electrons. The van der Waals surface area contributed by atoms with Gasteiger partial charge >= 0.3 is 0 Å². The average molecular weight is 263 g/mol. The van der Waals surface area contributed by atoms with Crippen LogP contribution >= 0.6 is 0 Å². The summed E-state index contributed by atoms with van der Waals surface area (Å²) in [6, 6.07) is 23.5. The van der Waals surface area contributed by atoms with E-state index in [1.165, 1.54) is 11.1 Å². The van der Waals surface area contributed by atoms with E-state index in [2.05, 4.69) is 61.6 Å². The quantitative estimate of drug-likeness (QED) is 0.779. The molecule has 0 amide bonds. The number of nitrogens with zero attached hydrogens (tertiary/aromatic N) is 2. The summed E-state index contributed by atoms with van der Waals surface area (Å²) in [6.07, 6.45) is 0. The second-order valence-electron chi connectivity index (χ2n) is 5.90. The molecule has 1 aliphatic rings. The van der Waals surface area contributed by atoms with E-state index in [-0.39, 0.29) is 6.04 Å². The molecule has 1 aliphatic heterocycles. The predicted molar refractivity (Wildman–Crippen MR) is 79.8 cm³/mol. The SMILES string of the molecule is C[N@@+]1(Cc2ccccc2)C[C@H](c2ccccc2)[C@H]1C#N. The number of likely N-dealkylation sites (tertiary alicyclic amines) is 1. The van der Waals surface area contributed by atoms with Crippen molar-refractivity contribution in [2.45, 2.75) is 18.5 Å². The normalized spacial score (nSPS) is 28.4. The van der Waals surface area contributed by atoms with Crippen molar-refractivity contribution < 1.29 is 4.48 Å². The number of likely N-dealkylation sites (N-methyl/N-ethyl adjacent to an activating group) is 1. The monoisotopic (exact) mass is 263 g/mol. The lowest BCUT2D eigenvalue weighted by molar-refractivity contribution is -0.980. The van der Waals surface area contributed by atoms with Gasteiger partial charge in [0, 0.05) is 5.56 Å². The van der Waals surface area contributed by atoms with Gasteiger partial charge in [0.25, 0.3) is 0 Å². The van der Waals surface area contributed by atoms with Crippen LogP contribution in [-0.4, -0.2) is 24.1 Å². The van der Waals surface area contributed by atoms with E-state index < -0.39 is 0 Å². The summed E-state index contributed by atoms with van der Waals surface area (Å²) in [5.74, 6) is 0.370. The molecule has 0 aliphatic carbocycles. The third-order valence-electron chi connectivity index (χ3n) is 4.41. The zero-order valence-corrected chi connectivity index (χ0v) is 11.7. The first kappa shape index (κ1) is 12.9. The van der Waals surface area contributed by atoms with Gasteiger partial charge in [-0.3, -0.25) is 0 Å². The molecule has 1 saturated heterocycles. The Hall–Kier alpha value is -2.11. The van der Waals surface area contributed by atoms with Gasteiger partial charge in [0.1, 0.15) is 12.6 Å². The van der Waals surface area contributed by atoms with Crippen LogP contribution in [0.4, 0.5) is 0 Å². The van der Waals surface area contributed by atoms with E-state index in [1.807, 2.05) is 12.1 Å². The van der Waals surface area contributed by atoms with Crippen molar-refractivity contribution in [3.63, 3.8) is 0 Å². The number of nitriles is 1. The fraction of sp³-hybridized carbons (Fsp3) is 0.278. The maximum absolute atomic E-state index is 9.57. The summed E-state index contributed by atoms with van der Waals surface area (Å²) >= 11 is 0. The van der Waals surface area contributed by atoms with E-state index in [0.717, 1.165) is 17.6 Å². The molecule has 0 spiro atoms. The van der Waals surface area contributed by atoms with E-state index >= 15 is 0 Å². The summed E-state index contributed by atoms with van der Waals surface area (Å²) in [4.78, 5) is 0. The number of benzene rings is 2. The van der Waals surface area contributed by atoms with Crippen LogP contribution in [0, 0.1) is 11.3 Å². The first-order valence-electron chi connectivity index (χ1n) is 7.06. The molecule has 2 heteroatoms. The molecule has 3 atom stereocenters. The second-order valence-corrected chi connectivity index (χ2v) is 5.90. The number of rotatable bonds is 3. The first-order chi connectivity index (χ1) is 9.73. The molecule has 2 nitrogen and oxygen atoms in total.